The SMILES string of the molecule is CO[C@H](C(=O)N[C@H]1CCN(c2ccccc2)C1)c1ccccc1. The van der Waals surface area contributed by atoms with Gasteiger partial charge in [-0.15, -0.1) is 0 Å². The van der Waals surface area contributed by atoms with Crippen molar-refractivity contribution in [2.45, 2.75) is 18.6 Å². The maximum absolute atomic E-state index is 12.5. The van der Waals surface area contributed by atoms with Gasteiger partial charge in [0.05, 0.1) is 0 Å². The van der Waals surface area contributed by atoms with E-state index in [-0.39, 0.29) is 11.9 Å². The Morgan fingerprint density at radius 2 is 1.78 bits per heavy atom. The van der Waals surface area contributed by atoms with Crippen molar-refractivity contribution in [1.82, 2.24) is 5.32 Å². The van der Waals surface area contributed by atoms with Gasteiger partial charge in [-0.2, -0.15) is 0 Å². The number of carbonyl (C=O) groups is 1. The summed E-state index contributed by atoms with van der Waals surface area (Å²) < 4.78 is 5.39. The topological polar surface area (TPSA) is 41.6 Å². The zero-order chi connectivity index (χ0) is 16.1. The van der Waals surface area contributed by atoms with E-state index in [1.165, 1.54) is 5.69 Å². The van der Waals surface area contributed by atoms with Crippen molar-refractivity contribution in [3.05, 3.63) is 66.2 Å². The molecule has 4 nitrogen and oxygen atoms in total. The summed E-state index contributed by atoms with van der Waals surface area (Å²) in [7, 11) is 1.57. The van der Waals surface area contributed by atoms with Gasteiger partial charge in [0.25, 0.3) is 5.91 Å². The van der Waals surface area contributed by atoms with Crippen LogP contribution in [0.2, 0.25) is 0 Å². The summed E-state index contributed by atoms with van der Waals surface area (Å²) in [6, 6.07) is 20.1. The molecule has 2 atom stereocenters. The minimum absolute atomic E-state index is 0.0707. The van der Waals surface area contributed by atoms with E-state index in [2.05, 4.69) is 22.3 Å². The fraction of sp³-hybridized carbons (Fsp3) is 0.316. The van der Waals surface area contributed by atoms with Gasteiger partial charge in [-0.05, 0) is 24.1 Å². The molecular weight excluding hydrogens is 288 g/mol. The van der Waals surface area contributed by atoms with Crippen molar-refractivity contribution in [3.63, 3.8) is 0 Å². The fourth-order valence-electron chi connectivity index (χ4n) is 3.05. The van der Waals surface area contributed by atoms with Crippen molar-refractivity contribution in [2.24, 2.45) is 0 Å². The van der Waals surface area contributed by atoms with Gasteiger partial charge in [0.2, 0.25) is 0 Å². The normalized spacial score (nSPS) is 18.7. The highest BCUT2D eigenvalue weighted by Crippen LogP contribution is 2.21. The lowest BCUT2D eigenvalue weighted by atomic mass is 10.1. The summed E-state index contributed by atoms with van der Waals surface area (Å²) in [5.41, 5.74) is 2.08. The number of hydrogen-bond donors (Lipinski definition) is 1. The summed E-state index contributed by atoms with van der Waals surface area (Å²) in [6.07, 6.45) is 0.397. The van der Waals surface area contributed by atoms with Gasteiger partial charge in [0.15, 0.2) is 6.10 Å². The number of rotatable bonds is 5. The van der Waals surface area contributed by atoms with Crippen LogP contribution >= 0.6 is 0 Å². The smallest absolute Gasteiger partial charge is 0.254 e. The summed E-state index contributed by atoms with van der Waals surface area (Å²) in [5.74, 6) is -0.0707. The summed E-state index contributed by atoms with van der Waals surface area (Å²) in [4.78, 5) is 14.8. The number of benzene rings is 2. The molecule has 3 rings (SSSR count). The maximum Gasteiger partial charge on any atom is 0.254 e. The average molecular weight is 310 g/mol. The average Bonchev–Trinajstić information content (AvgIpc) is 3.06. The Morgan fingerprint density at radius 1 is 1.13 bits per heavy atom. The molecular formula is C19H22N2O2. The molecule has 0 spiro atoms. The second-order valence-electron chi connectivity index (χ2n) is 5.80. The number of carbonyl (C=O) groups excluding carboxylic acids is 1. The molecule has 1 aliphatic rings. The first-order chi connectivity index (χ1) is 11.3. The second-order valence-corrected chi connectivity index (χ2v) is 5.80. The van der Waals surface area contributed by atoms with Crippen LogP contribution in [0.1, 0.15) is 18.1 Å². The van der Waals surface area contributed by atoms with Gasteiger partial charge in [-0.1, -0.05) is 48.5 Å². The van der Waals surface area contributed by atoms with E-state index in [1.54, 1.807) is 7.11 Å². The molecule has 0 aromatic heterocycles. The molecule has 0 radical (unpaired) electrons. The van der Waals surface area contributed by atoms with Crippen LogP contribution in [-0.2, 0) is 9.53 Å². The number of amides is 1. The Kier molecular flexibility index (Phi) is 4.93. The molecule has 1 heterocycles. The zero-order valence-electron chi connectivity index (χ0n) is 13.3. The molecule has 0 unspecified atom stereocenters. The van der Waals surface area contributed by atoms with E-state index in [1.807, 2.05) is 48.5 Å². The Morgan fingerprint density at radius 3 is 2.43 bits per heavy atom. The van der Waals surface area contributed by atoms with Crippen molar-refractivity contribution in [1.29, 1.82) is 0 Å². The van der Waals surface area contributed by atoms with E-state index in [0.29, 0.717) is 0 Å². The third kappa shape index (κ3) is 3.71. The first-order valence-electron chi connectivity index (χ1n) is 7.96. The molecule has 1 fully saturated rings. The van der Waals surface area contributed by atoms with E-state index in [4.69, 9.17) is 4.74 Å². The second kappa shape index (κ2) is 7.29. The third-order valence-corrected chi connectivity index (χ3v) is 4.23. The molecule has 0 aliphatic carbocycles. The monoisotopic (exact) mass is 310 g/mol. The summed E-state index contributed by atoms with van der Waals surface area (Å²) in [5, 5.41) is 3.12. The van der Waals surface area contributed by atoms with E-state index in [9.17, 15) is 4.79 Å². The van der Waals surface area contributed by atoms with E-state index in [0.717, 1.165) is 25.1 Å². The van der Waals surface area contributed by atoms with Crippen LogP contribution in [0.5, 0.6) is 0 Å². The number of para-hydroxylation sites is 1. The maximum atomic E-state index is 12.5. The lowest BCUT2D eigenvalue weighted by molar-refractivity contribution is -0.132. The van der Waals surface area contributed by atoms with Crippen LogP contribution in [-0.4, -0.2) is 32.1 Å². The Hall–Kier alpha value is -2.33. The number of anilines is 1. The van der Waals surface area contributed by atoms with Gasteiger partial charge >= 0.3 is 0 Å². The van der Waals surface area contributed by atoms with Crippen molar-refractivity contribution in [2.75, 3.05) is 25.1 Å². The molecule has 0 bridgehead atoms. The highest BCUT2D eigenvalue weighted by molar-refractivity contribution is 5.82. The first-order valence-corrected chi connectivity index (χ1v) is 7.96. The molecule has 1 saturated heterocycles. The Bertz CT molecular complexity index is 630. The number of nitrogens with one attached hydrogen (secondary N) is 1. The molecule has 23 heavy (non-hydrogen) atoms. The fourth-order valence-corrected chi connectivity index (χ4v) is 3.05. The van der Waals surface area contributed by atoms with Gasteiger partial charge < -0.3 is 15.0 Å². The highest BCUT2D eigenvalue weighted by atomic mass is 16.5. The van der Waals surface area contributed by atoms with Crippen molar-refractivity contribution < 1.29 is 9.53 Å². The molecule has 2 aromatic rings. The lowest BCUT2D eigenvalue weighted by Crippen LogP contribution is -2.40. The quantitative estimate of drug-likeness (QED) is 0.923. The Balaban J connectivity index is 1.60. The Labute approximate surface area is 137 Å². The predicted molar refractivity (Wildman–Crippen MR) is 91.4 cm³/mol. The minimum atomic E-state index is -0.554. The van der Waals surface area contributed by atoms with Crippen LogP contribution < -0.4 is 10.2 Å². The van der Waals surface area contributed by atoms with Crippen LogP contribution in [0.25, 0.3) is 0 Å². The van der Waals surface area contributed by atoms with Gasteiger partial charge in [0, 0.05) is 31.9 Å². The summed E-state index contributed by atoms with van der Waals surface area (Å²) in [6.45, 7) is 1.79. The molecule has 1 N–H and O–H groups in total. The van der Waals surface area contributed by atoms with Crippen LogP contribution in [0.3, 0.4) is 0 Å². The third-order valence-electron chi connectivity index (χ3n) is 4.23. The van der Waals surface area contributed by atoms with Gasteiger partial charge in [0.1, 0.15) is 0 Å². The molecule has 1 aliphatic heterocycles. The lowest BCUT2D eigenvalue weighted by Gasteiger charge is -2.21. The standard InChI is InChI=1S/C19H22N2O2/c1-23-18(15-8-4-2-5-9-15)19(22)20-16-12-13-21(14-16)17-10-6-3-7-11-17/h2-11,16,18H,12-14H2,1H3,(H,20,22)/t16-,18-/m0/s1. The molecule has 0 saturated carbocycles. The van der Waals surface area contributed by atoms with E-state index >= 15 is 0 Å². The van der Waals surface area contributed by atoms with Gasteiger partial charge in [-0.3, -0.25) is 4.79 Å². The number of ether oxygens (including phenoxy) is 1. The zero-order valence-corrected chi connectivity index (χ0v) is 13.3. The van der Waals surface area contributed by atoms with Crippen LogP contribution in [0.15, 0.2) is 60.7 Å². The highest BCUT2D eigenvalue weighted by Gasteiger charge is 2.27. The van der Waals surface area contributed by atoms with Crippen molar-refractivity contribution >= 4 is 11.6 Å². The molecule has 120 valence electrons. The first kappa shape index (κ1) is 15.6. The van der Waals surface area contributed by atoms with Crippen molar-refractivity contribution in [3.8, 4) is 0 Å². The molecule has 1 amide bonds. The van der Waals surface area contributed by atoms with E-state index < -0.39 is 6.10 Å². The molecule has 2 aromatic carbocycles. The molecule has 4 heteroatoms. The minimum Gasteiger partial charge on any atom is -0.369 e. The summed E-state index contributed by atoms with van der Waals surface area (Å²) >= 11 is 0. The number of nitrogens with zero attached hydrogens (tertiary/aromatic N) is 1. The number of hydrogen-bond acceptors (Lipinski definition) is 3. The van der Waals surface area contributed by atoms with Crippen LogP contribution in [0.4, 0.5) is 5.69 Å². The largest absolute Gasteiger partial charge is 0.369 e. The van der Waals surface area contributed by atoms with Crippen LogP contribution in [0, 0.1) is 0 Å². The predicted octanol–water partition coefficient (Wildman–Crippen LogP) is 2.77. The number of methoxy groups -OCH3 is 1. The van der Waals surface area contributed by atoms with Gasteiger partial charge in [-0.25, -0.2) is 0 Å².